The second-order valence-corrected chi connectivity index (χ2v) is 8.57. The zero-order valence-electron chi connectivity index (χ0n) is 12.5. The molecule has 0 spiro atoms. The van der Waals surface area contributed by atoms with Gasteiger partial charge in [0.15, 0.2) is 9.84 Å². The fraction of sp³-hybridized carbons (Fsp3) is 0.692. The lowest BCUT2D eigenvalue weighted by atomic mass is 10.2. The lowest BCUT2D eigenvalue weighted by molar-refractivity contribution is -0.128. The standard InChI is InChI=1S/C13H20N2O4S2/c1-9-12(10(2)19-14-9)6-20-7-13(16)15(3)11-4-5-21(17,18)8-11/h11H,4-8H2,1-3H3. The van der Waals surface area contributed by atoms with Crippen LogP contribution in [0.5, 0.6) is 0 Å². The molecule has 6 nitrogen and oxygen atoms in total. The summed E-state index contributed by atoms with van der Waals surface area (Å²) < 4.78 is 28.0. The summed E-state index contributed by atoms with van der Waals surface area (Å²) >= 11 is 1.49. The van der Waals surface area contributed by atoms with Crippen LogP contribution in [0.4, 0.5) is 0 Å². The van der Waals surface area contributed by atoms with E-state index in [1.54, 1.807) is 11.9 Å². The Morgan fingerprint density at radius 1 is 1.48 bits per heavy atom. The van der Waals surface area contributed by atoms with E-state index >= 15 is 0 Å². The van der Waals surface area contributed by atoms with Crippen molar-refractivity contribution < 1.29 is 17.7 Å². The van der Waals surface area contributed by atoms with E-state index in [2.05, 4.69) is 5.16 Å². The number of carbonyl (C=O) groups excluding carboxylic acids is 1. The normalized spacial score (nSPS) is 20.6. The van der Waals surface area contributed by atoms with Crippen LogP contribution in [-0.2, 0) is 20.4 Å². The van der Waals surface area contributed by atoms with Crippen molar-refractivity contribution in [1.82, 2.24) is 10.1 Å². The summed E-state index contributed by atoms with van der Waals surface area (Å²) in [7, 11) is -1.28. The highest BCUT2D eigenvalue weighted by molar-refractivity contribution is 7.99. The topological polar surface area (TPSA) is 80.5 Å². The average Bonchev–Trinajstić information content (AvgIpc) is 2.93. The quantitative estimate of drug-likeness (QED) is 0.805. The summed E-state index contributed by atoms with van der Waals surface area (Å²) in [4.78, 5) is 13.7. The lowest BCUT2D eigenvalue weighted by Crippen LogP contribution is -2.38. The van der Waals surface area contributed by atoms with Gasteiger partial charge in [0.2, 0.25) is 5.91 Å². The van der Waals surface area contributed by atoms with E-state index in [0.29, 0.717) is 17.9 Å². The molecule has 1 aliphatic heterocycles. The van der Waals surface area contributed by atoms with Crippen LogP contribution in [-0.4, -0.2) is 54.7 Å². The van der Waals surface area contributed by atoms with Crippen molar-refractivity contribution in [3.8, 4) is 0 Å². The summed E-state index contributed by atoms with van der Waals surface area (Å²) in [6, 6.07) is -0.179. The summed E-state index contributed by atoms with van der Waals surface area (Å²) in [6.45, 7) is 3.73. The maximum Gasteiger partial charge on any atom is 0.232 e. The van der Waals surface area contributed by atoms with E-state index < -0.39 is 9.84 Å². The monoisotopic (exact) mass is 332 g/mol. The van der Waals surface area contributed by atoms with Crippen LogP contribution in [0.1, 0.15) is 23.4 Å². The first-order chi connectivity index (χ1) is 9.80. The molecule has 0 saturated carbocycles. The molecule has 1 fully saturated rings. The van der Waals surface area contributed by atoms with Gasteiger partial charge in [-0.2, -0.15) is 0 Å². The first kappa shape index (κ1) is 16.4. The van der Waals surface area contributed by atoms with E-state index in [1.807, 2.05) is 13.8 Å². The molecule has 0 N–H and O–H groups in total. The maximum atomic E-state index is 12.1. The van der Waals surface area contributed by atoms with Crippen molar-refractivity contribution in [2.45, 2.75) is 32.1 Å². The van der Waals surface area contributed by atoms with Gasteiger partial charge in [-0.3, -0.25) is 4.79 Å². The van der Waals surface area contributed by atoms with Crippen molar-refractivity contribution in [3.63, 3.8) is 0 Å². The fourth-order valence-electron chi connectivity index (χ4n) is 2.33. The Hall–Kier alpha value is -1.02. The van der Waals surface area contributed by atoms with Crippen molar-refractivity contribution in [2.75, 3.05) is 24.3 Å². The molecule has 2 rings (SSSR count). The molecular weight excluding hydrogens is 312 g/mol. The number of carbonyl (C=O) groups is 1. The van der Waals surface area contributed by atoms with Gasteiger partial charge < -0.3 is 9.42 Å². The molecule has 0 aromatic carbocycles. The van der Waals surface area contributed by atoms with Gasteiger partial charge in [0.05, 0.1) is 23.0 Å². The number of nitrogens with zero attached hydrogens (tertiary/aromatic N) is 2. The van der Waals surface area contributed by atoms with Crippen molar-refractivity contribution in [1.29, 1.82) is 0 Å². The molecule has 1 saturated heterocycles. The van der Waals surface area contributed by atoms with Gasteiger partial charge in [-0.15, -0.1) is 11.8 Å². The van der Waals surface area contributed by atoms with Crippen LogP contribution in [0, 0.1) is 13.8 Å². The number of hydrogen-bond acceptors (Lipinski definition) is 6. The molecule has 1 aromatic rings. The van der Waals surface area contributed by atoms with Gasteiger partial charge in [-0.1, -0.05) is 5.16 Å². The highest BCUT2D eigenvalue weighted by atomic mass is 32.2. The molecule has 1 aromatic heterocycles. The van der Waals surface area contributed by atoms with Crippen LogP contribution in [0.2, 0.25) is 0 Å². The predicted molar refractivity (Wildman–Crippen MR) is 82.0 cm³/mol. The Balaban J connectivity index is 1.82. The number of amides is 1. The minimum Gasteiger partial charge on any atom is -0.361 e. The van der Waals surface area contributed by atoms with Gasteiger partial charge in [0.1, 0.15) is 5.76 Å². The number of aromatic nitrogens is 1. The highest BCUT2D eigenvalue weighted by Gasteiger charge is 2.32. The minimum absolute atomic E-state index is 0.0335. The van der Waals surface area contributed by atoms with E-state index in [9.17, 15) is 13.2 Å². The maximum absolute atomic E-state index is 12.1. The van der Waals surface area contributed by atoms with Crippen molar-refractivity contribution in [3.05, 3.63) is 17.0 Å². The fourth-order valence-corrected chi connectivity index (χ4v) is 5.21. The molecular formula is C13H20N2O4S2. The van der Waals surface area contributed by atoms with Crippen LogP contribution in [0.3, 0.4) is 0 Å². The minimum atomic E-state index is -2.96. The summed E-state index contributed by atoms with van der Waals surface area (Å²) in [5.74, 6) is 2.02. The first-order valence-corrected chi connectivity index (χ1v) is 9.73. The van der Waals surface area contributed by atoms with Gasteiger partial charge in [-0.25, -0.2) is 8.42 Å². The van der Waals surface area contributed by atoms with Crippen molar-refractivity contribution >= 4 is 27.5 Å². The Labute approximate surface area is 129 Å². The second-order valence-electron chi connectivity index (χ2n) is 5.36. The molecule has 21 heavy (non-hydrogen) atoms. The number of sulfone groups is 1. The first-order valence-electron chi connectivity index (χ1n) is 6.76. The summed E-state index contributed by atoms with van der Waals surface area (Å²) in [5.41, 5.74) is 1.88. The zero-order valence-corrected chi connectivity index (χ0v) is 14.1. The lowest BCUT2D eigenvalue weighted by Gasteiger charge is -2.23. The third-order valence-electron chi connectivity index (χ3n) is 3.80. The van der Waals surface area contributed by atoms with E-state index in [-0.39, 0.29) is 23.5 Å². The van der Waals surface area contributed by atoms with Gasteiger partial charge >= 0.3 is 0 Å². The molecule has 0 radical (unpaired) electrons. The van der Waals surface area contributed by atoms with E-state index in [4.69, 9.17) is 4.52 Å². The van der Waals surface area contributed by atoms with E-state index in [0.717, 1.165) is 17.0 Å². The zero-order chi connectivity index (χ0) is 15.6. The van der Waals surface area contributed by atoms with Gasteiger partial charge in [0, 0.05) is 24.4 Å². The third kappa shape index (κ3) is 4.00. The Bertz CT molecular complexity index is 605. The molecule has 1 amide bonds. The van der Waals surface area contributed by atoms with Crippen LogP contribution < -0.4 is 0 Å². The SMILES string of the molecule is Cc1noc(C)c1CSCC(=O)N(C)C1CCS(=O)(=O)C1. The highest BCUT2D eigenvalue weighted by Crippen LogP contribution is 2.21. The molecule has 0 bridgehead atoms. The molecule has 0 aliphatic carbocycles. The summed E-state index contributed by atoms with van der Waals surface area (Å²) in [6.07, 6.45) is 0.541. The molecule has 8 heteroatoms. The molecule has 118 valence electrons. The van der Waals surface area contributed by atoms with Crippen LogP contribution in [0.25, 0.3) is 0 Å². The number of hydrogen-bond donors (Lipinski definition) is 0. The Kier molecular flexibility index (Phi) is 4.98. The molecule has 1 aliphatic rings. The molecule has 1 unspecified atom stereocenters. The van der Waals surface area contributed by atoms with Crippen LogP contribution in [0.15, 0.2) is 4.52 Å². The Morgan fingerprint density at radius 3 is 2.71 bits per heavy atom. The number of rotatable bonds is 5. The summed E-state index contributed by atoms with van der Waals surface area (Å²) in [5, 5.41) is 3.88. The average molecular weight is 332 g/mol. The number of aryl methyl sites for hydroxylation is 2. The van der Waals surface area contributed by atoms with Gasteiger partial charge in [-0.05, 0) is 20.3 Å². The van der Waals surface area contributed by atoms with Crippen molar-refractivity contribution in [2.24, 2.45) is 0 Å². The Morgan fingerprint density at radius 2 is 2.19 bits per heavy atom. The second kappa shape index (κ2) is 6.39. The van der Waals surface area contributed by atoms with Gasteiger partial charge in [0.25, 0.3) is 0 Å². The molecule has 1 atom stereocenters. The van der Waals surface area contributed by atoms with Crippen LogP contribution >= 0.6 is 11.8 Å². The van der Waals surface area contributed by atoms with E-state index in [1.165, 1.54) is 11.8 Å². The largest absolute Gasteiger partial charge is 0.361 e. The molecule has 2 heterocycles. The third-order valence-corrected chi connectivity index (χ3v) is 6.50. The predicted octanol–water partition coefficient (Wildman–Crippen LogP) is 1.17. The number of thioether (sulfide) groups is 1. The smallest absolute Gasteiger partial charge is 0.232 e.